The first kappa shape index (κ1) is 10.8. The van der Waals surface area contributed by atoms with Crippen LogP contribution in [0.4, 0.5) is 0 Å². The fraction of sp³-hybridized carbons (Fsp3) is 0.500. The summed E-state index contributed by atoms with van der Waals surface area (Å²) in [6.45, 7) is 6.07. The summed E-state index contributed by atoms with van der Waals surface area (Å²) in [6, 6.07) is -0.288. The van der Waals surface area contributed by atoms with Crippen LogP contribution < -0.4 is 5.73 Å². The lowest BCUT2D eigenvalue weighted by atomic mass is 9.87. The molecule has 16 heavy (non-hydrogen) atoms. The van der Waals surface area contributed by atoms with Gasteiger partial charge in [0.15, 0.2) is 5.82 Å². The van der Waals surface area contributed by atoms with Crippen molar-refractivity contribution in [1.82, 2.24) is 20.1 Å². The molecule has 2 rings (SSSR count). The Labute approximate surface area is 93.3 Å². The van der Waals surface area contributed by atoms with Crippen LogP contribution in [-0.4, -0.2) is 20.1 Å². The summed E-state index contributed by atoms with van der Waals surface area (Å²) in [4.78, 5) is 11.2. The van der Waals surface area contributed by atoms with Crippen molar-refractivity contribution >= 4 is 0 Å². The third-order valence-corrected chi connectivity index (χ3v) is 2.35. The van der Waals surface area contributed by atoms with Crippen LogP contribution in [0.15, 0.2) is 16.9 Å². The van der Waals surface area contributed by atoms with Gasteiger partial charge in [-0.3, -0.25) is 0 Å². The van der Waals surface area contributed by atoms with E-state index >= 15 is 0 Å². The number of aromatic nitrogens is 4. The number of H-pyrrole nitrogens is 1. The molecule has 86 valence electrons. The van der Waals surface area contributed by atoms with Crippen LogP contribution in [0.1, 0.15) is 32.7 Å². The van der Waals surface area contributed by atoms with Gasteiger partial charge in [-0.25, -0.2) is 4.98 Å². The Morgan fingerprint density at radius 3 is 2.75 bits per heavy atom. The summed E-state index contributed by atoms with van der Waals surface area (Å²) in [5.74, 6) is 1.44. The van der Waals surface area contributed by atoms with E-state index in [-0.39, 0.29) is 11.5 Å². The lowest BCUT2D eigenvalue weighted by Gasteiger charge is -2.23. The second-order valence-electron chi connectivity index (χ2n) is 4.74. The zero-order valence-corrected chi connectivity index (χ0v) is 9.56. The molecule has 6 nitrogen and oxygen atoms in total. The lowest BCUT2D eigenvalue weighted by Crippen LogP contribution is -2.26. The molecule has 3 N–H and O–H groups in total. The molecular formula is C10H15N5O. The van der Waals surface area contributed by atoms with Gasteiger partial charge in [0.25, 0.3) is 0 Å². The third-order valence-electron chi connectivity index (χ3n) is 2.35. The molecule has 0 aliphatic rings. The summed E-state index contributed by atoms with van der Waals surface area (Å²) < 4.78 is 5.13. The second-order valence-corrected chi connectivity index (χ2v) is 4.74. The summed E-state index contributed by atoms with van der Waals surface area (Å²) >= 11 is 0. The SMILES string of the molecule is CC(C)(C)C(N)c1nc(-c2ncc[nH]2)no1. The Balaban J connectivity index is 2.27. The highest BCUT2D eigenvalue weighted by atomic mass is 16.5. The Kier molecular flexibility index (Phi) is 2.51. The molecule has 0 fully saturated rings. The quantitative estimate of drug-likeness (QED) is 0.801. The molecule has 0 radical (unpaired) electrons. The minimum Gasteiger partial charge on any atom is -0.342 e. The molecule has 1 unspecified atom stereocenters. The second kappa shape index (κ2) is 3.71. The first-order valence-corrected chi connectivity index (χ1v) is 5.07. The fourth-order valence-electron chi connectivity index (χ4n) is 1.22. The van der Waals surface area contributed by atoms with Gasteiger partial charge in [-0.05, 0) is 5.41 Å². The highest BCUT2D eigenvalue weighted by molar-refractivity contribution is 5.40. The Morgan fingerprint density at radius 1 is 1.44 bits per heavy atom. The van der Waals surface area contributed by atoms with Gasteiger partial charge in [-0.2, -0.15) is 4.98 Å². The van der Waals surface area contributed by atoms with Crippen LogP contribution in [0.3, 0.4) is 0 Å². The third kappa shape index (κ3) is 1.96. The van der Waals surface area contributed by atoms with Gasteiger partial charge in [0, 0.05) is 12.4 Å². The van der Waals surface area contributed by atoms with E-state index in [4.69, 9.17) is 10.3 Å². The number of nitrogens with two attached hydrogens (primary N) is 1. The van der Waals surface area contributed by atoms with Crippen LogP contribution in [0.5, 0.6) is 0 Å². The average Bonchev–Trinajstić information content (AvgIpc) is 2.85. The Morgan fingerprint density at radius 2 is 2.19 bits per heavy atom. The lowest BCUT2D eigenvalue weighted by molar-refractivity contribution is 0.253. The molecule has 0 saturated carbocycles. The normalized spacial score (nSPS) is 14.0. The topological polar surface area (TPSA) is 93.6 Å². The molecule has 2 heterocycles. The molecule has 1 atom stereocenters. The molecule has 0 amide bonds. The van der Waals surface area contributed by atoms with Gasteiger partial charge < -0.3 is 15.2 Å². The van der Waals surface area contributed by atoms with Crippen molar-refractivity contribution in [2.75, 3.05) is 0 Å². The van der Waals surface area contributed by atoms with Gasteiger partial charge in [0.1, 0.15) is 0 Å². The zero-order valence-electron chi connectivity index (χ0n) is 9.56. The van der Waals surface area contributed by atoms with Gasteiger partial charge in [0.05, 0.1) is 6.04 Å². The number of hydrogen-bond donors (Lipinski definition) is 2. The summed E-state index contributed by atoms with van der Waals surface area (Å²) in [5.41, 5.74) is 5.89. The van der Waals surface area contributed by atoms with E-state index in [0.29, 0.717) is 17.5 Å². The molecule has 0 aromatic carbocycles. The van der Waals surface area contributed by atoms with Crippen molar-refractivity contribution in [3.63, 3.8) is 0 Å². The van der Waals surface area contributed by atoms with E-state index < -0.39 is 0 Å². The Bertz CT molecular complexity index is 454. The number of nitrogens with one attached hydrogen (secondary N) is 1. The number of aromatic amines is 1. The molecular weight excluding hydrogens is 206 g/mol. The highest BCUT2D eigenvalue weighted by Crippen LogP contribution is 2.29. The van der Waals surface area contributed by atoms with Crippen molar-refractivity contribution in [2.24, 2.45) is 11.1 Å². The van der Waals surface area contributed by atoms with Gasteiger partial charge >= 0.3 is 0 Å². The minimum atomic E-state index is -0.288. The monoisotopic (exact) mass is 221 g/mol. The number of nitrogens with zero attached hydrogens (tertiary/aromatic N) is 3. The standard InChI is InChI=1S/C10H15N5O/c1-10(2,3)6(11)9-14-8(15-16-9)7-12-4-5-13-7/h4-6H,11H2,1-3H3,(H,12,13). The highest BCUT2D eigenvalue weighted by Gasteiger charge is 2.27. The maximum absolute atomic E-state index is 6.01. The molecule has 0 saturated heterocycles. The van der Waals surface area contributed by atoms with Crippen molar-refractivity contribution in [2.45, 2.75) is 26.8 Å². The van der Waals surface area contributed by atoms with E-state index in [1.54, 1.807) is 12.4 Å². The van der Waals surface area contributed by atoms with Crippen LogP contribution in [0, 0.1) is 5.41 Å². The number of rotatable bonds is 2. The average molecular weight is 221 g/mol. The first-order valence-electron chi connectivity index (χ1n) is 5.07. The maximum Gasteiger partial charge on any atom is 0.244 e. The first-order chi connectivity index (χ1) is 7.48. The van der Waals surface area contributed by atoms with Crippen LogP contribution in [0.25, 0.3) is 11.6 Å². The number of imidazole rings is 1. The molecule has 0 aliphatic heterocycles. The fourth-order valence-corrected chi connectivity index (χ4v) is 1.22. The van der Waals surface area contributed by atoms with Crippen molar-refractivity contribution in [3.05, 3.63) is 18.3 Å². The summed E-state index contributed by atoms with van der Waals surface area (Å²) in [7, 11) is 0. The van der Waals surface area contributed by atoms with Crippen LogP contribution >= 0.6 is 0 Å². The van der Waals surface area contributed by atoms with E-state index in [9.17, 15) is 0 Å². The van der Waals surface area contributed by atoms with Crippen molar-refractivity contribution in [3.8, 4) is 11.6 Å². The zero-order chi connectivity index (χ0) is 11.8. The predicted octanol–water partition coefficient (Wildman–Crippen LogP) is 1.51. The molecule has 2 aromatic rings. The van der Waals surface area contributed by atoms with Crippen LogP contribution in [-0.2, 0) is 0 Å². The van der Waals surface area contributed by atoms with Crippen LogP contribution in [0.2, 0.25) is 0 Å². The van der Waals surface area contributed by atoms with Gasteiger partial charge in [-0.1, -0.05) is 25.9 Å². The molecule has 6 heteroatoms. The Hall–Kier alpha value is -1.69. The van der Waals surface area contributed by atoms with Gasteiger partial charge in [-0.15, -0.1) is 0 Å². The molecule has 2 aromatic heterocycles. The maximum atomic E-state index is 6.01. The molecule has 0 spiro atoms. The molecule has 0 bridgehead atoms. The smallest absolute Gasteiger partial charge is 0.244 e. The predicted molar refractivity (Wildman–Crippen MR) is 58.3 cm³/mol. The number of hydrogen-bond acceptors (Lipinski definition) is 5. The van der Waals surface area contributed by atoms with E-state index in [1.807, 2.05) is 20.8 Å². The van der Waals surface area contributed by atoms with Crippen molar-refractivity contribution < 1.29 is 4.52 Å². The van der Waals surface area contributed by atoms with E-state index in [1.165, 1.54) is 0 Å². The minimum absolute atomic E-state index is 0.118. The summed E-state index contributed by atoms with van der Waals surface area (Å²) in [5, 5.41) is 3.83. The summed E-state index contributed by atoms with van der Waals surface area (Å²) in [6.07, 6.45) is 3.34. The van der Waals surface area contributed by atoms with Gasteiger partial charge in [0.2, 0.25) is 11.7 Å². The molecule has 0 aliphatic carbocycles. The largest absolute Gasteiger partial charge is 0.342 e. The van der Waals surface area contributed by atoms with E-state index in [0.717, 1.165) is 0 Å². The van der Waals surface area contributed by atoms with E-state index in [2.05, 4.69) is 20.1 Å². The van der Waals surface area contributed by atoms with Crippen molar-refractivity contribution in [1.29, 1.82) is 0 Å².